The van der Waals surface area contributed by atoms with Gasteiger partial charge in [-0.3, -0.25) is 9.59 Å². The first kappa shape index (κ1) is 20.9. The normalized spacial score (nSPS) is 11.3. The lowest BCUT2D eigenvalue weighted by atomic mass is 10.0. The van der Waals surface area contributed by atoms with E-state index in [0.29, 0.717) is 17.8 Å². The number of pyridine rings is 1. The number of amides is 2. The van der Waals surface area contributed by atoms with Crippen LogP contribution in [0.5, 0.6) is 0 Å². The molecule has 4 rings (SSSR count). The van der Waals surface area contributed by atoms with E-state index < -0.39 is 6.04 Å². The maximum Gasteiger partial charge on any atom is 0.247 e. The van der Waals surface area contributed by atoms with Crippen LogP contribution in [0.25, 0.3) is 10.9 Å². The van der Waals surface area contributed by atoms with Gasteiger partial charge in [0.25, 0.3) is 0 Å². The van der Waals surface area contributed by atoms with Gasteiger partial charge in [-0.15, -0.1) is 0 Å². The number of para-hydroxylation sites is 1. The molecular weight excluding hydrogens is 400 g/mol. The number of nitrogens with one attached hydrogen (secondary N) is 3. The topological polar surface area (TPSA) is 86.9 Å². The zero-order valence-corrected chi connectivity index (χ0v) is 17.6. The molecule has 2 amide bonds. The van der Waals surface area contributed by atoms with Crippen molar-refractivity contribution in [2.75, 3.05) is 5.32 Å². The molecule has 0 aliphatic heterocycles. The number of carbonyl (C=O) groups is 2. The van der Waals surface area contributed by atoms with E-state index in [1.165, 1.54) is 6.92 Å². The maximum absolute atomic E-state index is 13.0. The predicted molar refractivity (Wildman–Crippen MR) is 125 cm³/mol. The minimum atomic E-state index is -0.713. The summed E-state index contributed by atoms with van der Waals surface area (Å²) < 4.78 is 0. The molecule has 0 saturated carbocycles. The summed E-state index contributed by atoms with van der Waals surface area (Å²) in [5.41, 5.74) is 3.98. The average molecular weight is 422 g/mol. The number of anilines is 1. The minimum absolute atomic E-state index is 0.264. The molecule has 0 aliphatic rings. The molecule has 3 N–H and O–H groups in total. The second-order valence-corrected chi connectivity index (χ2v) is 7.35. The highest BCUT2D eigenvalue weighted by molar-refractivity contribution is 5.97. The number of aromatic amines is 1. The smallest absolute Gasteiger partial charge is 0.247 e. The van der Waals surface area contributed by atoms with Gasteiger partial charge in [0.1, 0.15) is 11.7 Å². The summed E-state index contributed by atoms with van der Waals surface area (Å²) in [5.74, 6) is 5.50. The lowest BCUT2D eigenvalue weighted by molar-refractivity contribution is -0.125. The standard InChI is InChI=1S/C26H22N4O2/c1-18(31)29-25(16-20-17-28-24-11-3-2-10-23(20)24)26(32)30-22-9-6-7-19(15-22)12-13-21-8-4-5-14-27-21/h2-11,14-15,17,25,28H,16H2,1H3,(H,29,31)(H,30,32)/t25-/m1/s1. The van der Waals surface area contributed by atoms with Crippen molar-refractivity contribution in [1.29, 1.82) is 0 Å². The molecule has 4 aromatic rings. The maximum atomic E-state index is 13.0. The number of carbonyl (C=O) groups excluding carboxylic acids is 2. The van der Waals surface area contributed by atoms with E-state index in [1.807, 2.05) is 60.8 Å². The summed E-state index contributed by atoms with van der Waals surface area (Å²) in [6, 6.07) is 20.0. The van der Waals surface area contributed by atoms with Gasteiger partial charge in [0.15, 0.2) is 0 Å². The molecular formula is C26H22N4O2. The Morgan fingerprint density at radius 2 is 1.88 bits per heavy atom. The van der Waals surface area contributed by atoms with Crippen LogP contribution in [0.4, 0.5) is 5.69 Å². The number of benzene rings is 2. The zero-order valence-electron chi connectivity index (χ0n) is 17.6. The molecule has 32 heavy (non-hydrogen) atoms. The van der Waals surface area contributed by atoms with E-state index in [4.69, 9.17) is 0 Å². The van der Waals surface area contributed by atoms with E-state index in [2.05, 4.69) is 32.4 Å². The number of hydrogen-bond acceptors (Lipinski definition) is 3. The van der Waals surface area contributed by atoms with Crippen LogP contribution in [0, 0.1) is 11.8 Å². The molecule has 0 fully saturated rings. The summed E-state index contributed by atoms with van der Waals surface area (Å²) in [4.78, 5) is 32.2. The fourth-order valence-corrected chi connectivity index (χ4v) is 3.45. The summed E-state index contributed by atoms with van der Waals surface area (Å²) in [6.07, 6.45) is 3.94. The highest BCUT2D eigenvalue weighted by Crippen LogP contribution is 2.20. The molecule has 0 spiro atoms. The monoisotopic (exact) mass is 422 g/mol. The van der Waals surface area contributed by atoms with Crippen LogP contribution in [0.1, 0.15) is 23.7 Å². The van der Waals surface area contributed by atoms with Crippen LogP contribution in [0.15, 0.2) is 79.1 Å². The van der Waals surface area contributed by atoms with Gasteiger partial charge < -0.3 is 15.6 Å². The van der Waals surface area contributed by atoms with Gasteiger partial charge in [-0.05, 0) is 47.9 Å². The van der Waals surface area contributed by atoms with Crippen LogP contribution in [0.3, 0.4) is 0 Å². The quantitative estimate of drug-likeness (QED) is 0.429. The Morgan fingerprint density at radius 1 is 1.03 bits per heavy atom. The summed E-state index contributed by atoms with van der Waals surface area (Å²) in [6.45, 7) is 1.41. The van der Waals surface area contributed by atoms with Gasteiger partial charge in [-0.25, -0.2) is 4.98 Å². The lowest BCUT2D eigenvalue weighted by Crippen LogP contribution is -2.44. The van der Waals surface area contributed by atoms with Crippen molar-refractivity contribution in [2.24, 2.45) is 0 Å². The van der Waals surface area contributed by atoms with Gasteiger partial charge >= 0.3 is 0 Å². The fourth-order valence-electron chi connectivity index (χ4n) is 3.45. The summed E-state index contributed by atoms with van der Waals surface area (Å²) >= 11 is 0. The SMILES string of the molecule is CC(=O)N[C@H](Cc1c[nH]c2ccccc12)C(=O)Nc1cccc(C#Cc2ccccn2)c1. The van der Waals surface area contributed by atoms with Crippen molar-refractivity contribution in [3.8, 4) is 11.8 Å². The van der Waals surface area contributed by atoms with Crippen molar-refractivity contribution in [1.82, 2.24) is 15.3 Å². The fraction of sp³-hybridized carbons (Fsp3) is 0.115. The lowest BCUT2D eigenvalue weighted by Gasteiger charge is -2.17. The first-order valence-electron chi connectivity index (χ1n) is 10.2. The van der Waals surface area contributed by atoms with Gasteiger partial charge in [-0.1, -0.05) is 36.3 Å². The van der Waals surface area contributed by atoms with Crippen LogP contribution in [0.2, 0.25) is 0 Å². The molecule has 0 radical (unpaired) electrons. The molecule has 2 aromatic carbocycles. The van der Waals surface area contributed by atoms with Gasteiger partial charge in [0, 0.05) is 47.9 Å². The predicted octanol–water partition coefficient (Wildman–Crippen LogP) is 3.65. The molecule has 2 heterocycles. The van der Waals surface area contributed by atoms with E-state index in [9.17, 15) is 9.59 Å². The number of nitrogens with zero attached hydrogens (tertiary/aromatic N) is 1. The Hall–Kier alpha value is -4.37. The zero-order chi connectivity index (χ0) is 22.3. The first-order valence-corrected chi connectivity index (χ1v) is 10.2. The van der Waals surface area contributed by atoms with Crippen molar-refractivity contribution in [3.05, 3.63) is 95.9 Å². The minimum Gasteiger partial charge on any atom is -0.361 e. The Kier molecular flexibility index (Phi) is 6.28. The van der Waals surface area contributed by atoms with Crippen molar-refractivity contribution in [2.45, 2.75) is 19.4 Å². The van der Waals surface area contributed by atoms with E-state index in [-0.39, 0.29) is 11.8 Å². The van der Waals surface area contributed by atoms with Gasteiger partial charge in [-0.2, -0.15) is 0 Å². The third kappa shape index (κ3) is 5.21. The Bertz CT molecular complexity index is 1320. The second-order valence-electron chi connectivity index (χ2n) is 7.35. The number of fused-ring (bicyclic) bond motifs is 1. The Balaban J connectivity index is 1.51. The van der Waals surface area contributed by atoms with E-state index >= 15 is 0 Å². The van der Waals surface area contributed by atoms with Crippen LogP contribution in [-0.2, 0) is 16.0 Å². The molecule has 2 aromatic heterocycles. The molecule has 0 bridgehead atoms. The molecule has 0 unspecified atom stereocenters. The van der Waals surface area contributed by atoms with Crippen molar-refractivity contribution >= 4 is 28.4 Å². The third-order valence-electron chi connectivity index (χ3n) is 4.92. The van der Waals surface area contributed by atoms with Gasteiger partial charge in [0.05, 0.1) is 0 Å². The Morgan fingerprint density at radius 3 is 2.69 bits per heavy atom. The van der Waals surface area contributed by atoms with Crippen molar-refractivity contribution < 1.29 is 9.59 Å². The number of H-pyrrole nitrogens is 1. The summed E-state index contributed by atoms with van der Waals surface area (Å²) in [5, 5.41) is 6.69. The highest BCUT2D eigenvalue weighted by atomic mass is 16.2. The molecule has 0 saturated heterocycles. The van der Waals surface area contributed by atoms with E-state index in [0.717, 1.165) is 22.0 Å². The molecule has 1 atom stereocenters. The molecule has 6 nitrogen and oxygen atoms in total. The average Bonchev–Trinajstić information content (AvgIpc) is 3.21. The largest absolute Gasteiger partial charge is 0.361 e. The highest BCUT2D eigenvalue weighted by Gasteiger charge is 2.21. The number of rotatable bonds is 5. The van der Waals surface area contributed by atoms with E-state index in [1.54, 1.807) is 18.3 Å². The third-order valence-corrected chi connectivity index (χ3v) is 4.92. The Labute approximate surface area is 186 Å². The van der Waals surface area contributed by atoms with Crippen molar-refractivity contribution in [3.63, 3.8) is 0 Å². The molecule has 6 heteroatoms. The number of aromatic nitrogens is 2. The van der Waals surface area contributed by atoms with Crippen LogP contribution < -0.4 is 10.6 Å². The van der Waals surface area contributed by atoms with Gasteiger partial charge in [0.2, 0.25) is 11.8 Å². The van der Waals surface area contributed by atoms with Crippen LogP contribution in [-0.4, -0.2) is 27.8 Å². The second kappa shape index (κ2) is 9.63. The molecule has 0 aliphatic carbocycles. The van der Waals surface area contributed by atoms with Crippen LogP contribution >= 0.6 is 0 Å². The summed E-state index contributed by atoms with van der Waals surface area (Å²) in [7, 11) is 0. The number of hydrogen-bond donors (Lipinski definition) is 3. The first-order chi connectivity index (χ1) is 15.6. The molecule has 158 valence electrons.